The summed E-state index contributed by atoms with van der Waals surface area (Å²) in [7, 11) is 0. The quantitative estimate of drug-likeness (QED) is 0.344. The van der Waals surface area contributed by atoms with Crippen LogP contribution in [0.4, 0.5) is 0 Å². The fraction of sp³-hybridized carbons (Fsp3) is 0.810. The van der Waals surface area contributed by atoms with Crippen molar-refractivity contribution in [2.24, 2.45) is 23.2 Å². The number of nitrogens with zero attached hydrogens (tertiary/aromatic N) is 1. The van der Waals surface area contributed by atoms with Gasteiger partial charge in [0, 0.05) is 12.0 Å². The number of carboxylic acid groups (broad SMARTS) is 3. The van der Waals surface area contributed by atoms with Crippen LogP contribution >= 0.6 is 0 Å². The van der Waals surface area contributed by atoms with Gasteiger partial charge in [-0.2, -0.15) is 0 Å². The molecule has 4 fully saturated rings. The fourth-order valence-corrected chi connectivity index (χ4v) is 6.33. The first kappa shape index (κ1) is 22.5. The number of rotatable bonds is 12. The van der Waals surface area contributed by atoms with Crippen molar-refractivity contribution in [1.29, 1.82) is 0 Å². The molecule has 9 heteroatoms. The van der Waals surface area contributed by atoms with Gasteiger partial charge >= 0.3 is 17.9 Å². The van der Waals surface area contributed by atoms with E-state index in [4.69, 9.17) is 10.2 Å². The molecule has 0 aromatic rings. The molecule has 30 heavy (non-hydrogen) atoms. The Hall–Kier alpha value is -2.16. The molecular weight excluding hydrogens is 392 g/mol. The Morgan fingerprint density at radius 1 is 0.867 bits per heavy atom. The largest absolute Gasteiger partial charge is 0.480 e. The first-order chi connectivity index (χ1) is 14.2. The molecule has 9 nitrogen and oxygen atoms in total. The molecule has 0 radical (unpaired) electrons. The summed E-state index contributed by atoms with van der Waals surface area (Å²) >= 11 is 0. The second-order valence-corrected chi connectivity index (χ2v) is 9.50. The number of hydrogen-bond acceptors (Lipinski definition) is 5. The number of unbranched alkanes of at least 4 members (excludes halogenated alkanes) is 1. The normalized spacial score (nSPS) is 30.2. The predicted octanol–water partition coefficient (Wildman–Crippen LogP) is 1.41. The average Bonchev–Trinajstić information content (AvgIpc) is 2.61. The zero-order chi connectivity index (χ0) is 21.9. The number of nitrogens with one attached hydrogen (secondary N) is 1. The monoisotopic (exact) mass is 424 g/mol. The van der Waals surface area contributed by atoms with E-state index in [1.54, 1.807) is 0 Å². The molecular formula is C21H32N2O7. The minimum absolute atomic E-state index is 0.128. The lowest BCUT2D eigenvalue weighted by Crippen LogP contribution is -2.53. The molecule has 1 atom stereocenters. The van der Waals surface area contributed by atoms with Crippen LogP contribution in [0.1, 0.15) is 57.8 Å². The van der Waals surface area contributed by atoms with Crippen LogP contribution < -0.4 is 5.32 Å². The van der Waals surface area contributed by atoms with E-state index in [0.717, 1.165) is 24.2 Å². The van der Waals surface area contributed by atoms with Gasteiger partial charge in [0.25, 0.3) is 0 Å². The smallest absolute Gasteiger partial charge is 0.320 e. The summed E-state index contributed by atoms with van der Waals surface area (Å²) in [4.78, 5) is 47.3. The molecule has 4 rings (SSSR count). The molecule has 4 aliphatic carbocycles. The van der Waals surface area contributed by atoms with Crippen LogP contribution in [0.25, 0.3) is 0 Å². The highest BCUT2D eigenvalue weighted by Gasteiger charge is 2.54. The van der Waals surface area contributed by atoms with Gasteiger partial charge in [-0.05, 0) is 75.5 Å². The highest BCUT2D eigenvalue weighted by atomic mass is 16.4. The molecule has 0 aliphatic heterocycles. The van der Waals surface area contributed by atoms with Crippen LogP contribution in [0.3, 0.4) is 0 Å². The van der Waals surface area contributed by atoms with Crippen molar-refractivity contribution in [1.82, 2.24) is 10.2 Å². The van der Waals surface area contributed by atoms with E-state index in [9.17, 15) is 24.3 Å². The Labute approximate surface area is 175 Å². The van der Waals surface area contributed by atoms with Gasteiger partial charge in [0.2, 0.25) is 5.91 Å². The summed E-state index contributed by atoms with van der Waals surface area (Å²) in [5, 5.41) is 30.3. The van der Waals surface area contributed by atoms with Gasteiger partial charge in [-0.3, -0.25) is 24.1 Å². The summed E-state index contributed by atoms with van der Waals surface area (Å²) in [6.45, 7) is -0.844. The molecule has 4 saturated carbocycles. The Kier molecular flexibility index (Phi) is 7.00. The first-order valence-electron chi connectivity index (χ1n) is 10.9. The molecule has 168 valence electrons. The van der Waals surface area contributed by atoms with E-state index in [0.29, 0.717) is 37.1 Å². The maximum Gasteiger partial charge on any atom is 0.320 e. The maximum absolute atomic E-state index is 12.9. The minimum atomic E-state index is -1.27. The number of aliphatic carboxylic acids is 3. The topological polar surface area (TPSA) is 144 Å². The standard InChI is InChI=1S/C21H32N2O7/c24-17(25)11-23(12-18(26)27)16(19(28)29)3-1-2-4-22-20(30)21-8-13-5-14(9-21)7-15(6-13)10-21/h13-16H,1-12H2,(H,22,30)(H,24,25)(H,26,27)(H,28,29)/t13?,14?,15?,16-,21?/m0/s1. The summed E-state index contributed by atoms with van der Waals surface area (Å²) in [5.41, 5.74) is -0.210. The van der Waals surface area contributed by atoms with E-state index >= 15 is 0 Å². The lowest BCUT2D eigenvalue weighted by molar-refractivity contribution is -0.150. The molecule has 4 aliphatic rings. The van der Waals surface area contributed by atoms with E-state index in [1.165, 1.54) is 19.3 Å². The number of carbonyl (C=O) groups is 4. The van der Waals surface area contributed by atoms with Crippen molar-refractivity contribution in [3.63, 3.8) is 0 Å². The van der Waals surface area contributed by atoms with Crippen LogP contribution in [-0.4, -0.2) is 69.7 Å². The van der Waals surface area contributed by atoms with Gasteiger partial charge in [0.05, 0.1) is 13.1 Å². The van der Waals surface area contributed by atoms with Crippen LogP contribution in [0, 0.1) is 23.2 Å². The third-order valence-electron chi connectivity index (χ3n) is 7.11. The Bertz CT molecular complexity index is 642. The fourth-order valence-electron chi connectivity index (χ4n) is 6.33. The van der Waals surface area contributed by atoms with Crippen molar-refractivity contribution < 1.29 is 34.5 Å². The summed E-state index contributed by atoms with van der Waals surface area (Å²) < 4.78 is 0. The van der Waals surface area contributed by atoms with Crippen molar-refractivity contribution in [2.45, 2.75) is 63.8 Å². The Morgan fingerprint density at radius 2 is 1.37 bits per heavy atom. The number of carbonyl (C=O) groups excluding carboxylic acids is 1. The van der Waals surface area contributed by atoms with Gasteiger partial charge in [-0.15, -0.1) is 0 Å². The molecule has 4 bridgehead atoms. The number of carboxylic acids is 3. The summed E-state index contributed by atoms with van der Waals surface area (Å²) in [6.07, 6.45) is 7.93. The van der Waals surface area contributed by atoms with Crippen LogP contribution in [-0.2, 0) is 19.2 Å². The lowest BCUT2D eigenvalue weighted by atomic mass is 9.49. The van der Waals surface area contributed by atoms with Crippen molar-refractivity contribution in [3.05, 3.63) is 0 Å². The molecule has 0 saturated heterocycles. The van der Waals surface area contributed by atoms with E-state index < -0.39 is 37.0 Å². The van der Waals surface area contributed by atoms with E-state index in [2.05, 4.69) is 5.32 Å². The zero-order valence-corrected chi connectivity index (χ0v) is 17.2. The van der Waals surface area contributed by atoms with Gasteiger partial charge in [0.15, 0.2) is 0 Å². The highest BCUT2D eigenvalue weighted by molar-refractivity contribution is 5.83. The van der Waals surface area contributed by atoms with E-state index in [1.807, 2.05) is 0 Å². The predicted molar refractivity (Wildman–Crippen MR) is 106 cm³/mol. The van der Waals surface area contributed by atoms with Gasteiger partial charge in [0.1, 0.15) is 6.04 Å². The third-order valence-corrected chi connectivity index (χ3v) is 7.11. The molecule has 0 aromatic carbocycles. The Morgan fingerprint density at radius 3 is 1.80 bits per heavy atom. The average molecular weight is 424 g/mol. The van der Waals surface area contributed by atoms with Crippen molar-refractivity contribution in [3.8, 4) is 0 Å². The van der Waals surface area contributed by atoms with Gasteiger partial charge < -0.3 is 20.6 Å². The lowest BCUT2D eigenvalue weighted by Gasteiger charge is -2.55. The summed E-state index contributed by atoms with van der Waals surface area (Å²) in [6, 6.07) is -1.18. The van der Waals surface area contributed by atoms with Crippen LogP contribution in [0.5, 0.6) is 0 Å². The molecule has 0 spiro atoms. The van der Waals surface area contributed by atoms with Gasteiger partial charge in [-0.1, -0.05) is 0 Å². The zero-order valence-electron chi connectivity index (χ0n) is 17.2. The Balaban J connectivity index is 1.45. The molecule has 0 heterocycles. The molecule has 0 aromatic heterocycles. The first-order valence-corrected chi connectivity index (χ1v) is 10.9. The summed E-state index contributed by atoms with van der Waals surface area (Å²) in [5.74, 6) is -1.59. The van der Waals surface area contributed by atoms with Crippen LogP contribution in [0.15, 0.2) is 0 Å². The second kappa shape index (κ2) is 9.32. The number of hydrogen-bond donors (Lipinski definition) is 4. The number of amides is 1. The molecule has 0 unspecified atom stereocenters. The second-order valence-electron chi connectivity index (χ2n) is 9.50. The molecule has 1 amide bonds. The van der Waals surface area contributed by atoms with Crippen LogP contribution in [0.2, 0.25) is 0 Å². The minimum Gasteiger partial charge on any atom is -0.480 e. The van der Waals surface area contributed by atoms with Gasteiger partial charge in [-0.25, -0.2) is 0 Å². The SMILES string of the molecule is O=C(O)CN(CC(=O)O)[C@@H](CCCCNC(=O)C12CC3CC(CC(C3)C1)C2)C(=O)O. The van der Waals surface area contributed by atoms with Crippen molar-refractivity contribution >= 4 is 23.8 Å². The molecule has 4 N–H and O–H groups in total. The maximum atomic E-state index is 12.9. The highest BCUT2D eigenvalue weighted by Crippen LogP contribution is 2.60. The van der Waals surface area contributed by atoms with Crippen molar-refractivity contribution in [2.75, 3.05) is 19.6 Å². The van der Waals surface area contributed by atoms with E-state index in [-0.39, 0.29) is 17.7 Å². The third kappa shape index (κ3) is 5.30.